The van der Waals surface area contributed by atoms with Gasteiger partial charge >= 0.3 is 0 Å². The molecule has 5 heteroatoms. The molecule has 4 rings (SSSR count). The van der Waals surface area contributed by atoms with Crippen molar-refractivity contribution in [1.29, 1.82) is 0 Å². The van der Waals surface area contributed by atoms with Crippen LogP contribution in [0.5, 0.6) is 0 Å². The van der Waals surface area contributed by atoms with Crippen LogP contribution in [-0.4, -0.2) is 57.6 Å². The van der Waals surface area contributed by atoms with E-state index in [-0.39, 0.29) is 5.91 Å². The Hall–Kier alpha value is -2.14. The Morgan fingerprint density at radius 3 is 2.62 bits per heavy atom. The summed E-state index contributed by atoms with van der Waals surface area (Å²) in [7, 11) is 0. The molecule has 0 bridgehead atoms. The van der Waals surface area contributed by atoms with E-state index in [9.17, 15) is 4.79 Å². The third-order valence-electron chi connectivity index (χ3n) is 5.42. The standard InChI is InChI=1S/C19H24N4O/c1-14-4-2-3-11-23(14)17-12-22(13-17)19(24)16-7-5-15(6-8-16)18-9-10-20-21-18/h5-10,14,17H,2-4,11-13H2,1H3,(H,20,21). The van der Waals surface area contributed by atoms with Crippen LogP contribution in [0.2, 0.25) is 0 Å². The highest BCUT2D eigenvalue weighted by molar-refractivity contribution is 5.95. The van der Waals surface area contributed by atoms with Crippen LogP contribution in [0.25, 0.3) is 11.3 Å². The number of aromatic amines is 1. The normalized spacial score (nSPS) is 22.4. The van der Waals surface area contributed by atoms with E-state index in [1.165, 1.54) is 25.8 Å². The van der Waals surface area contributed by atoms with Crippen molar-refractivity contribution in [2.75, 3.05) is 19.6 Å². The molecule has 126 valence electrons. The van der Waals surface area contributed by atoms with Crippen molar-refractivity contribution in [3.63, 3.8) is 0 Å². The summed E-state index contributed by atoms with van der Waals surface area (Å²) in [5.74, 6) is 0.145. The number of hydrogen-bond acceptors (Lipinski definition) is 3. The minimum absolute atomic E-state index is 0.145. The number of nitrogens with one attached hydrogen (secondary N) is 1. The van der Waals surface area contributed by atoms with Gasteiger partial charge in [0.1, 0.15) is 0 Å². The van der Waals surface area contributed by atoms with Gasteiger partial charge < -0.3 is 4.90 Å². The Bertz CT molecular complexity index is 689. The Labute approximate surface area is 142 Å². The van der Waals surface area contributed by atoms with Crippen LogP contribution < -0.4 is 0 Å². The summed E-state index contributed by atoms with van der Waals surface area (Å²) in [4.78, 5) is 17.2. The maximum atomic E-state index is 12.6. The Balaban J connectivity index is 1.37. The fraction of sp³-hybridized carbons (Fsp3) is 0.474. The molecule has 0 radical (unpaired) electrons. The molecule has 1 aromatic heterocycles. The van der Waals surface area contributed by atoms with E-state index < -0.39 is 0 Å². The fourth-order valence-corrected chi connectivity index (χ4v) is 3.89. The van der Waals surface area contributed by atoms with Crippen LogP contribution in [0.15, 0.2) is 36.5 Å². The van der Waals surface area contributed by atoms with Gasteiger partial charge in [0.05, 0.1) is 5.69 Å². The van der Waals surface area contributed by atoms with Gasteiger partial charge in [-0.25, -0.2) is 0 Å². The molecule has 1 unspecified atom stereocenters. The number of rotatable bonds is 3. The van der Waals surface area contributed by atoms with Gasteiger partial charge in [0, 0.05) is 36.9 Å². The monoisotopic (exact) mass is 324 g/mol. The van der Waals surface area contributed by atoms with E-state index in [4.69, 9.17) is 0 Å². The molecule has 0 aliphatic carbocycles. The number of amides is 1. The topological polar surface area (TPSA) is 52.2 Å². The summed E-state index contributed by atoms with van der Waals surface area (Å²) in [5.41, 5.74) is 2.79. The number of H-pyrrole nitrogens is 1. The zero-order chi connectivity index (χ0) is 16.5. The van der Waals surface area contributed by atoms with Gasteiger partial charge in [-0.2, -0.15) is 5.10 Å². The van der Waals surface area contributed by atoms with Crippen LogP contribution in [-0.2, 0) is 0 Å². The number of hydrogen-bond donors (Lipinski definition) is 1. The van der Waals surface area contributed by atoms with Crippen molar-refractivity contribution in [3.05, 3.63) is 42.1 Å². The Morgan fingerprint density at radius 2 is 1.96 bits per heavy atom. The summed E-state index contributed by atoms with van der Waals surface area (Å²) in [6.07, 6.45) is 5.66. The number of benzene rings is 1. The van der Waals surface area contributed by atoms with Crippen molar-refractivity contribution >= 4 is 5.91 Å². The van der Waals surface area contributed by atoms with E-state index in [1.54, 1.807) is 6.20 Å². The van der Waals surface area contributed by atoms with Gasteiger partial charge in [0.2, 0.25) is 0 Å². The molecule has 2 fully saturated rings. The first kappa shape index (κ1) is 15.4. The van der Waals surface area contributed by atoms with E-state index in [0.717, 1.165) is 29.9 Å². The second-order valence-corrected chi connectivity index (χ2v) is 6.99. The number of carbonyl (C=O) groups is 1. The van der Waals surface area contributed by atoms with Gasteiger partial charge in [0.15, 0.2) is 0 Å². The lowest BCUT2D eigenvalue weighted by molar-refractivity contribution is 0.00213. The van der Waals surface area contributed by atoms with E-state index in [2.05, 4.69) is 22.0 Å². The molecule has 5 nitrogen and oxygen atoms in total. The third-order valence-corrected chi connectivity index (χ3v) is 5.42. The predicted octanol–water partition coefficient (Wildman–Crippen LogP) is 2.78. The highest BCUT2D eigenvalue weighted by Crippen LogP contribution is 2.26. The number of piperidine rings is 1. The fourth-order valence-electron chi connectivity index (χ4n) is 3.89. The van der Waals surface area contributed by atoms with E-state index >= 15 is 0 Å². The number of likely N-dealkylation sites (tertiary alicyclic amines) is 2. The van der Waals surface area contributed by atoms with Crippen LogP contribution in [0.3, 0.4) is 0 Å². The Morgan fingerprint density at radius 1 is 1.17 bits per heavy atom. The van der Waals surface area contributed by atoms with Crippen LogP contribution in [0.1, 0.15) is 36.5 Å². The average molecular weight is 324 g/mol. The van der Waals surface area contributed by atoms with Crippen molar-refractivity contribution in [2.45, 2.75) is 38.3 Å². The quantitative estimate of drug-likeness (QED) is 0.944. The summed E-state index contributed by atoms with van der Waals surface area (Å²) in [6.45, 7) is 5.24. The molecule has 1 aromatic carbocycles. The first-order valence-electron chi connectivity index (χ1n) is 8.87. The molecule has 2 aliphatic heterocycles. The molecule has 1 atom stereocenters. The molecule has 3 heterocycles. The summed E-state index contributed by atoms with van der Waals surface area (Å²) >= 11 is 0. The molecular weight excluding hydrogens is 300 g/mol. The van der Waals surface area contributed by atoms with Crippen LogP contribution in [0.4, 0.5) is 0 Å². The van der Waals surface area contributed by atoms with Gasteiger partial charge in [-0.15, -0.1) is 0 Å². The first-order valence-corrected chi connectivity index (χ1v) is 8.87. The van der Waals surface area contributed by atoms with Crippen LogP contribution >= 0.6 is 0 Å². The number of aromatic nitrogens is 2. The average Bonchev–Trinajstić information content (AvgIpc) is 3.10. The first-order chi connectivity index (χ1) is 11.7. The molecule has 24 heavy (non-hydrogen) atoms. The molecule has 2 aliphatic rings. The van der Waals surface area contributed by atoms with Gasteiger partial charge in [-0.1, -0.05) is 18.6 Å². The van der Waals surface area contributed by atoms with Crippen molar-refractivity contribution in [1.82, 2.24) is 20.0 Å². The summed E-state index contributed by atoms with van der Waals surface area (Å²) < 4.78 is 0. The molecule has 2 aromatic rings. The summed E-state index contributed by atoms with van der Waals surface area (Å²) in [6, 6.07) is 10.9. The van der Waals surface area contributed by atoms with E-state index in [1.807, 2.05) is 35.2 Å². The molecule has 1 N–H and O–H groups in total. The highest BCUT2D eigenvalue weighted by Gasteiger charge is 2.37. The zero-order valence-corrected chi connectivity index (χ0v) is 14.1. The number of nitrogens with zero attached hydrogens (tertiary/aromatic N) is 3. The second kappa shape index (κ2) is 6.40. The smallest absolute Gasteiger partial charge is 0.253 e. The van der Waals surface area contributed by atoms with Crippen LogP contribution in [0, 0.1) is 0 Å². The molecule has 0 spiro atoms. The van der Waals surface area contributed by atoms with Crippen molar-refractivity contribution in [3.8, 4) is 11.3 Å². The maximum absolute atomic E-state index is 12.6. The summed E-state index contributed by atoms with van der Waals surface area (Å²) in [5, 5.41) is 6.90. The lowest BCUT2D eigenvalue weighted by atomic mass is 9.97. The number of carbonyl (C=O) groups excluding carboxylic acids is 1. The zero-order valence-electron chi connectivity index (χ0n) is 14.1. The molecule has 2 saturated heterocycles. The Kier molecular flexibility index (Phi) is 4.10. The maximum Gasteiger partial charge on any atom is 0.253 e. The predicted molar refractivity (Wildman–Crippen MR) is 93.7 cm³/mol. The van der Waals surface area contributed by atoms with Crippen molar-refractivity contribution in [2.24, 2.45) is 0 Å². The van der Waals surface area contributed by atoms with E-state index in [0.29, 0.717) is 12.1 Å². The third kappa shape index (κ3) is 2.84. The van der Waals surface area contributed by atoms with Gasteiger partial charge in [0.25, 0.3) is 5.91 Å². The van der Waals surface area contributed by atoms with Gasteiger partial charge in [-0.05, 0) is 50.1 Å². The minimum atomic E-state index is 0.145. The highest BCUT2D eigenvalue weighted by atomic mass is 16.2. The van der Waals surface area contributed by atoms with Gasteiger partial charge in [-0.3, -0.25) is 14.8 Å². The second-order valence-electron chi connectivity index (χ2n) is 6.99. The lowest BCUT2D eigenvalue weighted by Crippen LogP contribution is -2.63. The molecule has 1 amide bonds. The molecule has 0 saturated carbocycles. The van der Waals surface area contributed by atoms with Crippen molar-refractivity contribution < 1.29 is 4.79 Å². The molecular formula is C19H24N4O. The largest absolute Gasteiger partial charge is 0.335 e. The SMILES string of the molecule is CC1CCCCN1C1CN(C(=O)c2ccc(-c3ccn[nH]3)cc2)C1. The minimum Gasteiger partial charge on any atom is -0.335 e. The lowest BCUT2D eigenvalue weighted by Gasteiger charge is -2.49.